The Morgan fingerprint density at radius 3 is 2.13 bits per heavy atom. The van der Waals surface area contributed by atoms with Gasteiger partial charge in [-0.2, -0.15) is 9.52 Å². The van der Waals surface area contributed by atoms with Gasteiger partial charge < -0.3 is 9.47 Å². The largest absolute Gasteiger partial charge is 0.493 e. The topological polar surface area (TPSA) is 114 Å². The van der Waals surface area contributed by atoms with Crippen molar-refractivity contribution < 1.29 is 26.3 Å². The van der Waals surface area contributed by atoms with Crippen molar-refractivity contribution in [3.8, 4) is 11.5 Å². The van der Waals surface area contributed by atoms with Gasteiger partial charge in [0.2, 0.25) is 20.0 Å². The quantitative estimate of drug-likeness (QED) is 0.687. The Morgan fingerprint density at radius 1 is 0.967 bits per heavy atom. The summed E-state index contributed by atoms with van der Waals surface area (Å²) in [4.78, 5) is 0. The summed E-state index contributed by atoms with van der Waals surface area (Å²) in [6, 6.07) is 11.3. The number of sulfonamides is 2. The fourth-order valence-corrected chi connectivity index (χ4v) is 4.69. The van der Waals surface area contributed by atoms with Crippen molar-refractivity contribution in [1.29, 1.82) is 0 Å². The Morgan fingerprint density at radius 2 is 1.60 bits per heavy atom. The first-order valence-corrected chi connectivity index (χ1v) is 12.6. The standard InChI is InChI=1S/C19H23N3O6S2/c1-27-18-10-7-14(11-19(18)28-2)17-12-16(20-22(17)30(4,25)26)13-5-8-15(9-6-13)21-29(3,23)24/h5-11,17,21H,12H2,1-4H3/t17-/m1/s1. The molecule has 0 unspecified atom stereocenters. The molecule has 0 amide bonds. The Hall–Kier alpha value is -2.79. The number of hydrazone groups is 1. The predicted octanol–water partition coefficient (Wildman–Crippen LogP) is 2.19. The first-order chi connectivity index (χ1) is 14.0. The third-order valence-corrected chi connectivity index (χ3v) is 6.15. The maximum absolute atomic E-state index is 12.4. The normalized spacial score (nSPS) is 16.9. The second-order valence-corrected chi connectivity index (χ2v) is 10.5. The summed E-state index contributed by atoms with van der Waals surface area (Å²) in [5.41, 5.74) is 2.40. The van der Waals surface area contributed by atoms with Crippen LogP contribution in [-0.4, -0.2) is 53.7 Å². The summed E-state index contributed by atoms with van der Waals surface area (Å²) < 4.78 is 61.5. The SMILES string of the molecule is COc1ccc([C@H]2CC(c3ccc(NS(C)(=O)=O)cc3)=NN2S(C)(=O)=O)cc1OC. The molecule has 0 saturated carbocycles. The molecule has 1 heterocycles. The number of ether oxygens (including phenoxy) is 2. The molecule has 9 nitrogen and oxygen atoms in total. The molecule has 1 N–H and O–H groups in total. The number of hydrogen-bond donors (Lipinski definition) is 1. The smallest absolute Gasteiger partial charge is 0.247 e. The molecule has 0 bridgehead atoms. The lowest BCUT2D eigenvalue weighted by atomic mass is 9.98. The third-order valence-electron chi connectivity index (χ3n) is 4.53. The highest BCUT2D eigenvalue weighted by atomic mass is 32.2. The van der Waals surface area contributed by atoms with Crippen molar-refractivity contribution in [2.45, 2.75) is 12.5 Å². The second-order valence-electron chi connectivity index (χ2n) is 6.87. The molecule has 1 aliphatic heterocycles. The van der Waals surface area contributed by atoms with E-state index in [0.717, 1.165) is 16.9 Å². The van der Waals surface area contributed by atoms with E-state index >= 15 is 0 Å². The van der Waals surface area contributed by atoms with Crippen molar-refractivity contribution in [1.82, 2.24) is 4.41 Å². The molecular weight excluding hydrogens is 430 g/mol. The van der Waals surface area contributed by atoms with Crippen molar-refractivity contribution >= 4 is 31.4 Å². The highest BCUT2D eigenvalue weighted by molar-refractivity contribution is 7.92. The van der Waals surface area contributed by atoms with Crippen LogP contribution in [0.3, 0.4) is 0 Å². The van der Waals surface area contributed by atoms with Crippen LogP contribution >= 0.6 is 0 Å². The lowest BCUT2D eigenvalue weighted by Crippen LogP contribution is -2.25. The van der Waals surface area contributed by atoms with Crippen molar-refractivity contribution in [2.24, 2.45) is 5.10 Å². The molecule has 0 saturated heterocycles. The van der Waals surface area contributed by atoms with E-state index in [-0.39, 0.29) is 0 Å². The molecule has 162 valence electrons. The van der Waals surface area contributed by atoms with Crippen LogP contribution in [0.25, 0.3) is 0 Å². The van der Waals surface area contributed by atoms with E-state index in [1.54, 1.807) is 42.5 Å². The Balaban J connectivity index is 1.94. The maximum Gasteiger partial charge on any atom is 0.247 e. The number of nitrogens with zero attached hydrogens (tertiary/aromatic N) is 2. The van der Waals surface area contributed by atoms with Crippen LogP contribution in [-0.2, 0) is 20.0 Å². The van der Waals surface area contributed by atoms with Gasteiger partial charge in [-0.1, -0.05) is 18.2 Å². The molecule has 11 heteroatoms. The first kappa shape index (κ1) is 21.9. The highest BCUT2D eigenvalue weighted by Gasteiger charge is 2.35. The van der Waals surface area contributed by atoms with Gasteiger partial charge in [-0.15, -0.1) is 0 Å². The summed E-state index contributed by atoms with van der Waals surface area (Å²) in [6.07, 6.45) is 2.52. The van der Waals surface area contributed by atoms with Crippen LogP contribution in [0.15, 0.2) is 47.6 Å². The Kier molecular flexibility index (Phi) is 5.95. The van der Waals surface area contributed by atoms with E-state index in [1.807, 2.05) is 0 Å². The number of methoxy groups -OCH3 is 2. The minimum atomic E-state index is -3.63. The van der Waals surface area contributed by atoms with Gasteiger partial charge in [0, 0.05) is 12.1 Å². The molecule has 0 aliphatic carbocycles. The van der Waals surface area contributed by atoms with Gasteiger partial charge in [0.15, 0.2) is 11.5 Å². The van der Waals surface area contributed by atoms with E-state index in [0.29, 0.717) is 40.4 Å². The first-order valence-electron chi connectivity index (χ1n) is 8.89. The van der Waals surface area contributed by atoms with Crippen LogP contribution in [0, 0.1) is 0 Å². The lowest BCUT2D eigenvalue weighted by Gasteiger charge is -2.22. The van der Waals surface area contributed by atoms with Gasteiger partial charge in [0.1, 0.15) is 0 Å². The van der Waals surface area contributed by atoms with Crippen molar-refractivity contribution in [2.75, 3.05) is 31.5 Å². The molecule has 2 aromatic rings. The molecule has 0 fully saturated rings. The van der Waals surface area contributed by atoms with E-state index < -0.39 is 26.1 Å². The zero-order chi connectivity index (χ0) is 22.1. The summed E-state index contributed by atoms with van der Waals surface area (Å²) >= 11 is 0. The van der Waals surface area contributed by atoms with Crippen molar-refractivity contribution in [3.05, 3.63) is 53.6 Å². The fourth-order valence-electron chi connectivity index (χ4n) is 3.22. The molecule has 1 aliphatic rings. The molecule has 3 rings (SSSR count). The van der Waals surface area contributed by atoms with Crippen LogP contribution in [0.2, 0.25) is 0 Å². The highest BCUT2D eigenvalue weighted by Crippen LogP contribution is 2.38. The fraction of sp³-hybridized carbons (Fsp3) is 0.316. The van der Waals surface area contributed by atoms with Crippen LogP contribution in [0.4, 0.5) is 5.69 Å². The van der Waals surface area contributed by atoms with Gasteiger partial charge >= 0.3 is 0 Å². The molecule has 0 radical (unpaired) electrons. The minimum Gasteiger partial charge on any atom is -0.493 e. The molecule has 2 aromatic carbocycles. The Bertz CT molecular complexity index is 1180. The summed E-state index contributed by atoms with van der Waals surface area (Å²) in [5.74, 6) is 1.04. The van der Waals surface area contributed by atoms with E-state index in [1.165, 1.54) is 14.2 Å². The van der Waals surface area contributed by atoms with Gasteiger partial charge in [-0.05, 0) is 35.4 Å². The van der Waals surface area contributed by atoms with Crippen molar-refractivity contribution in [3.63, 3.8) is 0 Å². The number of rotatable bonds is 7. The van der Waals surface area contributed by atoms with E-state index in [9.17, 15) is 16.8 Å². The number of nitrogens with one attached hydrogen (secondary N) is 1. The molecule has 0 spiro atoms. The van der Waals surface area contributed by atoms with Gasteiger partial charge in [-0.3, -0.25) is 4.72 Å². The van der Waals surface area contributed by atoms with Crippen LogP contribution in [0.5, 0.6) is 11.5 Å². The molecule has 1 atom stereocenters. The summed E-state index contributed by atoms with van der Waals surface area (Å²) in [5, 5.41) is 4.34. The monoisotopic (exact) mass is 453 g/mol. The predicted molar refractivity (Wildman–Crippen MR) is 115 cm³/mol. The summed E-state index contributed by atoms with van der Waals surface area (Å²) in [7, 11) is -3.97. The van der Waals surface area contributed by atoms with Gasteiger partial charge in [-0.25, -0.2) is 16.8 Å². The molecule has 0 aromatic heterocycles. The molecule has 30 heavy (non-hydrogen) atoms. The zero-order valence-electron chi connectivity index (χ0n) is 17.0. The van der Waals surface area contributed by atoms with Gasteiger partial charge in [0.05, 0.1) is 38.5 Å². The average molecular weight is 454 g/mol. The van der Waals surface area contributed by atoms with Crippen LogP contribution < -0.4 is 14.2 Å². The molecular formula is C19H23N3O6S2. The van der Waals surface area contributed by atoms with E-state index in [4.69, 9.17) is 9.47 Å². The second kappa shape index (κ2) is 8.15. The Labute approximate surface area is 176 Å². The minimum absolute atomic E-state index is 0.349. The number of benzene rings is 2. The third kappa shape index (κ3) is 4.85. The average Bonchev–Trinajstić information content (AvgIpc) is 3.12. The zero-order valence-corrected chi connectivity index (χ0v) is 18.6. The summed E-state index contributed by atoms with van der Waals surface area (Å²) in [6.45, 7) is 0. The number of anilines is 1. The van der Waals surface area contributed by atoms with E-state index in [2.05, 4.69) is 9.82 Å². The van der Waals surface area contributed by atoms with Gasteiger partial charge in [0.25, 0.3) is 0 Å². The maximum atomic E-state index is 12.4. The number of hydrogen-bond acceptors (Lipinski definition) is 7. The lowest BCUT2D eigenvalue weighted by molar-refractivity contribution is 0.349. The van der Waals surface area contributed by atoms with Crippen LogP contribution in [0.1, 0.15) is 23.6 Å².